The first-order chi connectivity index (χ1) is 13.0. The topological polar surface area (TPSA) is 38.8 Å². The lowest BCUT2D eigenvalue weighted by atomic mass is 9.94. The van der Waals surface area contributed by atoms with E-state index in [9.17, 15) is 4.79 Å². The smallest absolute Gasteiger partial charge is 0.410 e. The van der Waals surface area contributed by atoms with Crippen LogP contribution in [0.25, 0.3) is 0 Å². The molecule has 4 nitrogen and oxygen atoms in total. The molecule has 0 saturated carbocycles. The quantitative estimate of drug-likeness (QED) is 0.651. The predicted octanol–water partition coefficient (Wildman–Crippen LogP) is 5.47. The maximum atomic E-state index is 12.4. The molecular weight excluding hydrogens is 338 g/mol. The number of hydrogen-bond donors (Lipinski definition) is 0. The average Bonchev–Trinajstić information content (AvgIpc) is 3.06. The molecule has 3 rings (SSSR count). The second-order valence-electron chi connectivity index (χ2n) is 7.50. The Morgan fingerprint density at radius 1 is 1.15 bits per heavy atom. The van der Waals surface area contributed by atoms with Crippen LogP contribution in [0.5, 0.6) is 5.75 Å². The number of nitrogens with zero attached hydrogens (tertiary/aromatic N) is 1. The van der Waals surface area contributed by atoms with Crippen LogP contribution in [0.15, 0.2) is 48.5 Å². The summed E-state index contributed by atoms with van der Waals surface area (Å²) in [5.41, 5.74) is 3.61. The third-order valence-corrected chi connectivity index (χ3v) is 5.48. The molecule has 0 aromatic heterocycles. The van der Waals surface area contributed by atoms with Crippen molar-refractivity contribution in [1.82, 2.24) is 4.90 Å². The van der Waals surface area contributed by atoms with Gasteiger partial charge in [-0.1, -0.05) is 48.9 Å². The molecule has 0 bridgehead atoms. The zero-order valence-corrected chi connectivity index (χ0v) is 16.6. The van der Waals surface area contributed by atoms with E-state index in [-0.39, 0.29) is 18.2 Å². The third-order valence-electron chi connectivity index (χ3n) is 5.48. The number of hydrogen-bond acceptors (Lipinski definition) is 3. The molecule has 1 fully saturated rings. The van der Waals surface area contributed by atoms with Crippen LogP contribution in [0.3, 0.4) is 0 Å². The lowest BCUT2D eigenvalue weighted by Gasteiger charge is -2.22. The van der Waals surface area contributed by atoms with E-state index >= 15 is 0 Å². The Morgan fingerprint density at radius 3 is 2.63 bits per heavy atom. The van der Waals surface area contributed by atoms with E-state index in [1.54, 1.807) is 7.11 Å². The molecule has 1 heterocycles. The lowest BCUT2D eigenvalue weighted by Crippen LogP contribution is -2.28. The average molecular weight is 367 g/mol. The van der Waals surface area contributed by atoms with E-state index in [1.807, 2.05) is 23.1 Å². The highest BCUT2D eigenvalue weighted by Crippen LogP contribution is 2.30. The van der Waals surface area contributed by atoms with Crippen molar-refractivity contribution in [3.8, 4) is 5.75 Å². The summed E-state index contributed by atoms with van der Waals surface area (Å²) >= 11 is 0. The second-order valence-corrected chi connectivity index (χ2v) is 7.50. The Balaban J connectivity index is 1.57. The number of aryl methyl sites for hydroxylation is 1. The minimum atomic E-state index is -0.206. The van der Waals surface area contributed by atoms with E-state index in [4.69, 9.17) is 9.47 Å². The zero-order valence-electron chi connectivity index (χ0n) is 16.6. The van der Waals surface area contributed by atoms with Gasteiger partial charge in [-0.15, -0.1) is 0 Å². The maximum Gasteiger partial charge on any atom is 0.410 e. The molecule has 0 spiro atoms. The second kappa shape index (κ2) is 8.47. The summed E-state index contributed by atoms with van der Waals surface area (Å²) in [6.07, 6.45) is 1.58. The van der Waals surface area contributed by atoms with Gasteiger partial charge in [-0.2, -0.15) is 0 Å². The number of cyclic esters (lactones) is 1. The van der Waals surface area contributed by atoms with Crippen molar-refractivity contribution in [3.63, 3.8) is 0 Å². The summed E-state index contributed by atoms with van der Waals surface area (Å²) < 4.78 is 11.0. The van der Waals surface area contributed by atoms with Crippen LogP contribution in [0, 0.1) is 6.92 Å². The number of ether oxygens (including phenoxy) is 2. The van der Waals surface area contributed by atoms with Gasteiger partial charge in [0, 0.05) is 0 Å². The summed E-state index contributed by atoms with van der Waals surface area (Å²) in [5, 5.41) is 0. The number of rotatable bonds is 7. The van der Waals surface area contributed by atoms with Gasteiger partial charge in [-0.05, 0) is 55.9 Å². The van der Waals surface area contributed by atoms with Crippen molar-refractivity contribution in [2.45, 2.75) is 51.7 Å². The SMILES string of the molecule is COc1cccc([C@H](C)CC[C@@H]2CN([C@@H](C)c3cccc(C)c3)C(=O)O2)c1. The van der Waals surface area contributed by atoms with Crippen molar-refractivity contribution in [1.29, 1.82) is 0 Å². The fraction of sp³-hybridized carbons (Fsp3) is 0.435. The van der Waals surface area contributed by atoms with Gasteiger partial charge in [0.25, 0.3) is 0 Å². The fourth-order valence-corrected chi connectivity index (χ4v) is 3.67. The molecule has 27 heavy (non-hydrogen) atoms. The molecule has 0 N–H and O–H groups in total. The normalized spacial score (nSPS) is 18.9. The molecular formula is C23H29NO3. The Kier molecular flexibility index (Phi) is 6.04. The minimum Gasteiger partial charge on any atom is -0.497 e. The molecule has 0 radical (unpaired) electrons. The largest absolute Gasteiger partial charge is 0.497 e. The highest BCUT2D eigenvalue weighted by Gasteiger charge is 2.34. The van der Waals surface area contributed by atoms with E-state index in [0.29, 0.717) is 12.5 Å². The molecule has 2 aromatic carbocycles. The van der Waals surface area contributed by atoms with Gasteiger partial charge in [0.1, 0.15) is 11.9 Å². The van der Waals surface area contributed by atoms with Crippen LogP contribution in [-0.4, -0.2) is 30.8 Å². The van der Waals surface area contributed by atoms with Gasteiger partial charge in [-0.3, -0.25) is 4.90 Å². The van der Waals surface area contributed by atoms with Crippen molar-refractivity contribution < 1.29 is 14.3 Å². The highest BCUT2D eigenvalue weighted by atomic mass is 16.6. The van der Waals surface area contributed by atoms with Crippen molar-refractivity contribution in [3.05, 3.63) is 65.2 Å². The van der Waals surface area contributed by atoms with Gasteiger partial charge in [0.05, 0.1) is 19.7 Å². The summed E-state index contributed by atoms with van der Waals surface area (Å²) in [4.78, 5) is 14.2. The summed E-state index contributed by atoms with van der Waals surface area (Å²) in [5.74, 6) is 1.27. The molecule has 0 aliphatic carbocycles. The molecule has 0 unspecified atom stereocenters. The minimum absolute atomic E-state index is 0.0261. The number of carbonyl (C=O) groups is 1. The van der Waals surface area contributed by atoms with E-state index in [2.05, 4.69) is 51.1 Å². The first kappa shape index (κ1) is 19.3. The predicted molar refractivity (Wildman–Crippen MR) is 107 cm³/mol. The van der Waals surface area contributed by atoms with Gasteiger partial charge >= 0.3 is 6.09 Å². The van der Waals surface area contributed by atoms with E-state index in [0.717, 1.165) is 24.2 Å². The molecule has 1 saturated heterocycles. The number of amides is 1. The molecule has 1 aliphatic rings. The van der Waals surface area contributed by atoms with Gasteiger partial charge in [0.15, 0.2) is 0 Å². The number of methoxy groups -OCH3 is 1. The lowest BCUT2D eigenvalue weighted by molar-refractivity contribution is 0.124. The Hall–Kier alpha value is -2.49. The van der Waals surface area contributed by atoms with E-state index < -0.39 is 0 Å². The summed E-state index contributed by atoms with van der Waals surface area (Å²) in [6, 6.07) is 16.5. The Bertz CT molecular complexity index is 789. The molecule has 1 amide bonds. The van der Waals surface area contributed by atoms with Crippen molar-refractivity contribution in [2.75, 3.05) is 13.7 Å². The molecule has 144 valence electrons. The molecule has 3 atom stereocenters. The van der Waals surface area contributed by atoms with Crippen LogP contribution < -0.4 is 4.74 Å². The van der Waals surface area contributed by atoms with Crippen molar-refractivity contribution >= 4 is 6.09 Å². The van der Waals surface area contributed by atoms with Crippen LogP contribution in [0.2, 0.25) is 0 Å². The zero-order chi connectivity index (χ0) is 19.4. The molecule has 2 aromatic rings. The fourth-order valence-electron chi connectivity index (χ4n) is 3.67. The van der Waals surface area contributed by atoms with Crippen molar-refractivity contribution in [2.24, 2.45) is 0 Å². The van der Waals surface area contributed by atoms with Gasteiger partial charge < -0.3 is 9.47 Å². The number of carbonyl (C=O) groups excluding carboxylic acids is 1. The first-order valence-corrected chi connectivity index (χ1v) is 9.65. The van der Waals surface area contributed by atoms with Crippen LogP contribution >= 0.6 is 0 Å². The highest BCUT2D eigenvalue weighted by molar-refractivity contribution is 5.70. The summed E-state index contributed by atoms with van der Waals surface area (Å²) in [6.45, 7) is 7.00. The van der Waals surface area contributed by atoms with Crippen LogP contribution in [0.4, 0.5) is 4.79 Å². The third kappa shape index (κ3) is 4.62. The first-order valence-electron chi connectivity index (χ1n) is 9.65. The van der Waals surface area contributed by atoms with Crippen LogP contribution in [0.1, 0.15) is 55.3 Å². The van der Waals surface area contributed by atoms with Gasteiger partial charge in [0.2, 0.25) is 0 Å². The summed E-state index contributed by atoms with van der Waals surface area (Å²) in [7, 11) is 1.69. The van der Waals surface area contributed by atoms with E-state index in [1.165, 1.54) is 11.1 Å². The Morgan fingerprint density at radius 2 is 1.89 bits per heavy atom. The number of benzene rings is 2. The molecule has 4 heteroatoms. The monoisotopic (exact) mass is 367 g/mol. The Labute approximate surface area is 162 Å². The molecule has 1 aliphatic heterocycles. The standard InChI is InChI=1S/C23H29NO3/c1-16-7-5-9-20(13-16)18(3)24-15-22(27-23(24)25)12-11-17(2)19-8-6-10-21(14-19)26-4/h5-10,13-14,17-18,22H,11-12,15H2,1-4H3/t17-,18+,22-/m1/s1. The van der Waals surface area contributed by atoms with Crippen LogP contribution in [-0.2, 0) is 4.74 Å². The maximum absolute atomic E-state index is 12.4. The van der Waals surface area contributed by atoms with Gasteiger partial charge in [-0.25, -0.2) is 4.79 Å².